The monoisotopic (exact) mass is 310 g/mol. The van der Waals surface area contributed by atoms with Crippen molar-refractivity contribution >= 4 is 23.4 Å². The first kappa shape index (κ1) is 13.6. The molecule has 0 amide bonds. The first-order valence-electron chi connectivity index (χ1n) is 6.33. The van der Waals surface area contributed by atoms with Crippen LogP contribution >= 0.6 is 23.4 Å². The van der Waals surface area contributed by atoms with E-state index >= 15 is 0 Å². The normalized spacial score (nSPS) is 13.5. The van der Waals surface area contributed by atoms with E-state index in [1.165, 1.54) is 17.8 Å². The average molecular weight is 311 g/mol. The number of aromatic nitrogens is 2. The summed E-state index contributed by atoms with van der Waals surface area (Å²) >= 11 is 7.27. The molecule has 1 aliphatic carbocycles. The van der Waals surface area contributed by atoms with E-state index in [9.17, 15) is 9.18 Å². The summed E-state index contributed by atoms with van der Waals surface area (Å²) in [6.07, 6.45) is 2.60. The highest BCUT2D eigenvalue weighted by atomic mass is 35.5. The largest absolute Gasteiger partial charge is 0.301 e. The van der Waals surface area contributed by atoms with Crippen LogP contribution in [0.5, 0.6) is 0 Å². The van der Waals surface area contributed by atoms with Gasteiger partial charge in [0, 0.05) is 21.9 Å². The topological polar surface area (TPSA) is 45.8 Å². The van der Waals surface area contributed by atoms with Crippen LogP contribution in [0.25, 0.3) is 0 Å². The van der Waals surface area contributed by atoms with Gasteiger partial charge in [-0.1, -0.05) is 29.4 Å². The number of H-pyrrole nitrogens is 1. The minimum absolute atomic E-state index is 0.0744. The molecule has 0 bridgehead atoms. The van der Waals surface area contributed by atoms with Gasteiger partial charge in [0.1, 0.15) is 5.82 Å². The first-order chi connectivity index (χ1) is 9.65. The molecule has 104 valence electrons. The maximum atomic E-state index is 13.7. The molecule has 3 rings (SSSR count). The molecule has 0 unspecified atom stereocenters. The molecule has 1 N–H and O–H groups in total. The average Bonchev–Trinajstić information content (AvgIpc) is 2.87. The predicted octanol–water partition coefficient (Wildman–Crippen LogP) is 3.34. The smallest absolute Gasteiger partial charge is 0.254 e. The summed E-state index contributed by atoms with van der Waals surface area (Å²) in [4.78, 5) is 19.0. The van der Waals surface area contributed by atoms with Crippen LogP contribution in [0.1, 0.15) is 23.2 Å². The van der Waals surface area contributed by atoms with Gasteiger partial charge in [-0.05, 0) is 31.4 Å². The molecule has 0 radical (unpaired) electrons. The Morgan fingerprint density at radius 1 is 1.40 bits per heavy atom. The second-order valence-corrected chi connectivity index (χ2v) is 6.01. The van der Waals surface area contributed by atoms with Crippen molar-refractivity contribution in [2.75, 3.05) is 0 Å². The molecule has 1 aromatic heterocycles. The fraction of sp³-hybridized carbons (Fsp3) is 0.286. The first-order valence-corrected chi connectivity index (χ1v) is 7.69. The summed E-state index contributed by atoms with van der Waals surface area (Å²) in [6, 6.07) is 4.60. The van der Waals surface area contributed by atoms with Crippen molar-refractivity contribution in [2.45, 2.75) is 30.2 Å². The van der Waals surface area contributed by atoms with E-state index in [2.05, 4.69) is 9.97 Å². The fourth-order valence-corrected chi connectivity index (χ4v) is 3.52. The van der Waals surface area contributed by atoms with E-state index < -0.39 is 0 Å². The van der Waals surface area contributed by atoms with E-state index in [0.717, 1.165) is 30.5 Å². The van der Waals surface area contributed by atoms with Crippen LogP contribution in [0.3, 0.4) is 0 Å². The molecule has 0 atom stereocenters. The second kappa shape index (κ2) is 5.58. The van der Waals surface area contributed by atoms with Crippen LogP contribution in [0, 0.1) is 5.82 Å². The number of rotatable bonds is 3. The van der Waals surface area contributed by atoms with Crippen LogP contribution in [0.2, 0.25) is 5.02 Å². The van der Waals surface area contributed by atoms with E-state index in [4.69, 9.17) is 11.6 Å². The summed E-state index contributed by atoms with van der Waals surface area (Å²) in [5.74, 6) is 0.00116. The SMILES string of the molecule is O=c1[nH]c(SCc2c(F)cccc2Cl)nc2c1CCC2. The summed E-state index contributed by atoms with van der Waals surface area (Å²) in [7, 11) is 0. The molecular weight excluding hydrogens is 299 g/mol. The number of halogens is 2. The van der Waals surface area contributed by atoms with Crippen molar-refractivity contribution in [1.82, 2.24) is 9.97 Å². The lowest BCUT2D eigenvalue weighted by Crippen LogP contribution is -2.14. The van der Waals surface area contributed by atoms with Crippen LogP contribution < -0.4 is 5.56 Å². The molecule has 1 aliphatic rings. The molecule has 6 heteroatoms. The molecule has 20 heavy (non-hydrogen) atoms. The van der Waals surface area contributed by atoms with Gasteiger partial charge >= 0.3 is 0 Å². The van der Waals surface area contributed by atoms with Crippen molar-refractivity contribution < 1.29 is 4.39 Å². The van der Waals surface area contributed by atoms with Gasteiger partial charge in [0.2, 0.25) is 0 Å². The minimum Gasteiger partial charge on any atom is -0.301 e. The second-order valence-electron chi connectivity index (χ2n) is 4.64. The van der Waals surface area contributed by atoms with E-state index in [1.807, 2.05) is 0 Å². The third-order valence-corrected chi connectivity index (χ3v) is 4.59. The summed E-state index contributed by atoms with van der Waals surface area (Å²) in [5.41, 5.74) is 2.02. The highest BCUT2D eigenvalue weighted by Crippen LogP contribution is 2.27. The van der Waals surface area contributed by atoms with E-state index in [-0.39, 0.29) is 11.4 Å². The Labute approximate surface area is 124 Å². The number of fused-ring (bicyclic) bond motifs is 1. The van der Waals surface area contributed by atoms with Crippen molar-refractivity contribution in [2.24, 2.45) is 0 Å². The molecule has 0 spiro atoms. The molecular formula is C14H12ClFN2OS. The number of nitrogens with one attached hydrogen (secondary N) is 1. The fourth-order valence-electron chi connectivity index (χ4n) is 2.30. The van der Waals surface area contributed by atoms with E-state index in [0.29, 0.717) is 21.5 Å². The number of aryl methyl sites for hydroxylation is 1. The van der Waals surface area contributed by atoms with Crippen LogP contribution in [0.4, 0.5) is 4.39 Å². The number of aromatic amines is 1. The summed E-state index contributed by atoms with van der Waals surface area (Å²) in [6.45, 7) is 0. The Morgan fingerprint density at radius 2 is 2.25 bits per heavy atom. The molecule has 1 aromatic carbocycles. The van der Waals surface area contributed by atoms with Gasteiger partial charge in [-0.3, -0.25) is 4.79 Å². The number of benzene rings is 1. The van der Waals surface area contributed by atoms with Gasteiger partial charge in [-0.15, -0.1) is 0 Å². The lowest BCUT2D eigenvalue weighted by molar-refractivity contribution is 0.617. The molecule has 0 saturated carbocycles. The highest BCUT2D eigenvalue weighted by Gasteiger charge is 2.17. The van der Waals surface area contributed by atoms with Gasteiger partial charge in [0.05, 0.1) is 5.69 Å². The summed E-state index contributed by atoms with van der Waals surface area (Å²) < 4.78 is 13.7. The van der Waals surface area contributed by atoms with Crippen molar-refractivity contribution in [3.05, 3.63) is 56.2 Å². The third-order valence-electron chi connectivity index (χ3n) is 3.33. The van der Waals surface area contributed by atoms with Crippen molar-refractivity contribution in [3.63, 3.8) is 0 Å². The Bertz CT molecular complexity index is 697. The maximum absolute atomic E-state index is 13.7. The Morgan fingerprint density at radius 3 is 3.05 bits per heavy atom. The zero-order valence-electron chi connectivity index (χ0n) is 10.6. The van der Waals surface area contributed by atoms with Crippen LogP contribution in [-0.4, -0.2) is 9.97 Å². The zero-order valence-corrected chi connectivity index (χ0v) is 12.2. The van der Waals surface area contributed by atoms with Crippen LogP contribution in [0.15, 0.2) is 28.2 Å². The molecule has 0 aliphatic heterocycles. The number of nitrogens with zero attached hydrogens (tertiary/aromatic N) is 1. The lowest BCUT2D eigenvalue weighted by atomic mass is 10.2. The van der Waals surface area contributed by atoms with Gasteiger partial charge < -0.3 is 4.98 Å². The number of thioether (sulfide) groups is 1. The van der Waals surface area contributed by atoms with Gasteiger partial charge in [0.15, 0.2) is 5.16 Å². The third kappa shape index (κ3) is 2.60. The molecule has 2 aromatic rings. The standard InChI is InChI=1S/C14H12ClFN2OS/c15-10-4-2-5-11(16)9(10)7-20-14-17-12-6-1-3-8(12)13(19)18-14/h2,4-5H,1,3,6-7H2,(H,17,18,19). The number of hydrogen-bond acceptors (Lipinski definition) is 3. The Hall–Kier alpha value is -1.33. The van der Waals surface area contributed by atoms with Gasteiger partial charge in [0.25, 0.3) is 5.56 Å². The molecule has 0 saturated heterocycles. The lowest BCUT2D eigenvalue weighted by Gasteiger charge is -2.06. The molecule has 1 heterocycles. The number of hydrogen-bond donors (Lipinski definition) is 1. The van der Waals surface area contributed by atoms with Crippen LogP contribution in [-0.2, 0) is 18.6 Å². The molecule has 3 nitrogen and oxygen atoms in total. The summed E-state index contributed by atoms with van der Waals surface area (Å²) in [5, 5.41) is 0.913. The van der Waals surface area contributed by atoms with Crippen molar-refractivity contribution in [3.8, 4) is 0 Å². The molecule has 0 fully saturated rings. The predicted molar refractivity (Wildman–Crippen MR) is 77.9 cm³/mol. The Balaban J connectivity index is 1.83. The van der Waals surface area contributed by atoms with Gasteiger partial charge in [-0.25, -0.2) is 9.37 Å². The van der Waals surface area contributed by atoms with E-state index in [1.54, 1.807) is 12.1 Å². The van der Waals surface area contributed by atoms with Crippen molar-refractivity contribution in [1.29, 1.82) is 0 Å². The maximum Gasteiger partial charge on any atom is 0.254 e. The zero-order chi connectivity index (χ0) is 14.1. The van der Waals surface area contributed by atoms with Gasteiger partial charge in [-0.2, -0.15) is 0 Å². The quantitative estimate of drug-likeness (QED) is 0.698. The minimum atomic E-state index is -0.339. The Kier molecular flexibility index (Phi) is 3.81. The highest BCUT2D eigenvalue weighted by molar-refractivity contribution is 7.98.